The lowest BCUT2D eigenvalue weighted by atomic mass is 10.2. The van der Waals surface area contributed by atoms with Crippen molar-refractivity contribution in [3.05, 3.63) is 16.7 Å². The zero-order chi connectivity index (χ0) is 23.8. The second-order valence-electron chi connectivity index (χ2n) is 7.71. The van der Waals surface area contributed by atoms with E-state index < -0.39 is 39.4 Å². The van der Waals surface area contributed by atoms with Crippen molar-refractivity contribution in [1.29, 1.82) is 0 Å². The van der Waals surface area contributed by atoms with Gasteiger partial charge in [0, 0.05) is 20.6 Å². The SMILES string of the molecule is CCCC1COP1(=O)OP(=O)(OC)OCC1O[C@@H](n2cnc3c(=O)[nH]c(NC)nc32)C[C@H]1O. The molecule has 6 atom stereocenters. The molecular weight excluding hydrogens is 480 g/mol. The van der Waals surface area contributed by atoms with Crippen LogP contribution < -0.4 is 10.9 Å². The highest BCUT2D eigenvalue weighted by Crippen LogP contribution is 2.72. The molecule has 0 amide bonds. The Hall–Kier alpha value is -1.63. The molecular formula is C17H27N5O9P2. The maximum absolute atomic E-state index is 12.9. The number of fused-ring (bicyclic) bond motifs is 1. The number of nitrogens with one attached hydrogen (secondary N) is 2. The summed E-state index contributed by atoms with van der Waals surface area (Å²) < 4.78 is 53.4. The zero-order valence-electron chi connectivity index (χ0n) is 18.4. The van der Waals surface area contributed by atoms with Gasteiger partial charge in [0.1, 0.15) is 12.3 Å². The molecule has 184 valence electrons. The average molecular weight is 507 g/mol. The predicted molar refractivity (Wildman–Crippen MR) is 116 cm³/mol. The molecule has 4 unspecified atom stereocenters. The lowest BCUT2D eigenvalue weighted by Crippen LogP contribution is -2.29. The number of aromatic nitrogens is 4. The van der Waals surface area contributed by atoms with Crippen LogP contribution in [-0.2, 0) is 31.7 Å². The van der Waals surface area contributed by atoms with Gasteiger partial charge in [0.15, 0.2) is 11.2 Å². The minimum Gasteiger partial charge on any atom is -0.390 e. The highest BCUT2D eigenvalue weighted by atomic mass is 31.3. The molecule has 4 heterocycles. The molecule has 0 spiro atoms. The quantitative estimate of drug-likeness (QED) is 0.399. The summed E-state index contributed by atoms with van der Waals surface area (Å²) in [5.74, 6) is 0.250. The van der Waals surface area contributed by atoms with Gasteiger partial charge in [-0.1, -0.05) is 13.3 Å². The minimum absolute atomic E-state index is 0.121. The number of anilines is 1. The van der Waals surface area contributed by atoms with E-state index in [1.807, 2.05) is 6.92 Å². The van der Waals surface area contributed by atoms with Gasteiger partial charge in [0.25, 0.3) is 5.56 Å². The van der Waals surface area contributed by atoms with E-state index in [0.29, 0.717) is 6.42 Å². The minimum atomic E-state index is -4.23. The number of hydrogen-bond acceptors (Lipinski definition) is 12. The monoisotopic (exact) mass is 507 g/mol. The number of hydrogen-bond donors (Lipinski definition) is 3. The van der Waals surface area contributed by atoms with E-state index in [0.717, 1.165) is 13.5 Å². The molecule has 2 fully saturated rings. The Labute approximate surface area is 189 Å². The van der Waals surface area contributed by atoms with E-state index in [9.17, 15) is 19.0 Å². The summed E-state index contributed by atoms with van der Waals surface area (Å²) in [5.41, 5.74) is -0.389. The van der Waals surface area contributed by atoms with E-state index >= 15 is 0 Å². The fraction of sp³-hybridized carbons (Fsp3) is 0.706. The molecule has 14 nitrogen and oxygen atoms in total. The molecule has 0 saturated carbocycles. The fourth-order valence-corrected chi connectivity index (χ4v) is 7.58. The molecule has 2 saturated heterocycles. The summed E-state index contributed by atoms with van der Waals surface area (Å²) in [6.45, 7) is 1.83. The second kappa shape index (κ2) is 9.55. The standard InChI is InChI=1S/C17H27N5O9P2/c1-4-5-10-7-28-32(10,25)31-33(26,27-3)29-8-12-11(23)6-13(30-12)22-9-19-14-15(22)20-17(18-2)21-16(14)24/h9-13,23H,4-8H2,1-3H3,(H2,18,20,21,24)/t10?,11-,12?,13-,32?,33?/m1/s1. The van der Waals surface area contributed by atoms with Crippen LogP contribution in [0.1, 0.15) is 32.4 Å². The number of imidazole rings is 1. The third-order valence-corrected chi connectivity index (χ3v) is 9.97. The first-order valence-corrected chi connectivity index (χ1v) is 13.5. The van der Waals surface area contributed by atoms with E-state index in [2.05, 4.69) is 20.3 Å². The smallest absolute Gasteiger partial charge is 0.390 e. The summed E-state index contributed by atoms with van der Waals surface area (Å²) >= 11 is 0. The van der Waals surface area contributed by atoms with Gasteiger partial charge in [-0.2, -0.15) is 4.98 Å². The van der Waals surface area contributed by atoms with Gasteiger partial charge in [-0.25, -0.2) is 13.9 Å². The van der Waals surface area contributed by atoms with Crippen LogP contribution in [0.5, 0.6) is 0 Å². The van der Waals surface area contributed by atoms with Crippen molar-refractivity contribution in [1.82, 2.24) is 19.5 Å². The largest absolute Gasteiger partial charge is 0.481 e. The van der Waals surface area contributed by atoms with Crippen LogP contribution in [0.3, 0.4) is 0 Å². The Morgan fingerprint density at radius 2 is 2.27 bits per heavy atom. The molecule has 16 heteroatoms. The van der Waals surface area contributed by atoms with Crippen molar-refractivity contribution in [2.24, 2.45) is 0 Å². The third-order valence-electron chi connectivity index (χ3n) is 5.53. The number of aliphatic hydroxyl groups excluding tert-OH is 1. The van der Waals surface area contributed by atoms with Crippen LogP contribution >= 0.6 is 15.4 Å². The maximum Gasteiger partial charge on any atom is 0.481 e. The van der Waals surface area contributed by atoms with Crippen LogP contribution in [0.15, 0.2) is 11.1 Å². The van der Waals surface area contributed by atoms with Crippen molar-refractivity contribution in [2.45, 2.75) is 50.3 Å². The number of nitrogens with zero attached hydrogens (tertiary/aromatic N) is 3. The summed E-state index contributed by atoms with van der Waals surface area (Å²) in [6, 6.07) is 0. The van der Waals surface area contributed by atoms with E-state index in [1.165, 1.54) is 10.9 Å². The van der Waals surface area contributed by atoms with E-state index in [-0.39, 0.29) is 42.4 Å². The second-order valence-corrected chi connectivity index (χ2v) is 11.9. The lowest BCUT2D eigenvalue weighted by Gasteiger charge is -2.36. The Kier molecular flexibility index (Phi) is 7.09. The normalized spacial score (nSPS) is 31.4. The highest BCUT2D eigenvalue weighted by Gasteiger charge is 2.51. The van der Waals surface area contributed by atoms with Gasteiger partial charge in [0.05, 0.1) is 31.3 Å². The Bertz CT molecular complexity index is 1150. The Balaban J connectivity index is 1.44. The molecule has 2 aromatic heterocycles. The van der Waals surface area contributed by atoms with Crippen LogP contribution in [0, 0.1) is 0 Å². The molecule has 0 aromatic carbocycles. The van der Waals surface area contributed by atoms with Gasteiger partial charge >= 0.3 is 15.4 Å². The molecule has 2 aliphatic heterocycles. The summed E-state index contributed by atoms with van der Waals surface area (Å²) in [4.78, 5) is 23.1. The molecule has 0 aliphatic carbocycles. The number of ether oxygens (including phenoxy) is 1. The van der Waals surface area contributed by atoms with Gasteiger partial charge < -0.3 is 19.7 Å². The molecule has 2 aromatic rings. The molecule has 33 heavy (non-hydrogen) atoms. The number of aliphatic hydroxyl groups is 1. The number of phosphoric acid groups is 1. The average Bonchev–Trinajstić information content (AvgIpc) is 3.38. The number of phosphoric ester groups is 1. The Morgan fingerprint density at radius 3 is 2.91 bits per heavy atom. The lowest BCUT2D eigenvalue weighted by molar-refractivity contribution is -0.0431. The van der Waals surface area contributed by atoms with Crippen LogP contribution in [-0.4, -0.2) is 69.9 Å². The van der Waals surface area contributed by atoms with Crippen LogP contribution in [0.2, 0.25) is 0 Å². The topological polar surface area (TPSA) is 176 Å². The zero-order valence-corrected chi connectivity index (χ0v) is 20.2. The van der Waals surface area contributed by atoms with Gasteiger partial charge in [-0.15, -0.1) is 0 Å². The van der Waals surface area contributed by atoms with Crippen molar-refractivity contribution < 1.29 is 36.9 Å². The van der Waals surface area contributed by atoms with Crippen molar-refractivity contribution in [2.75, 3.05) is 32.7 Å². The van der Waals surface area contributed by atoms with Gasteiger partial charge in [-0.05, 0) is 6.42 Å². The van der Waals surface area contributed by atoms with Gasteiger partial charge in [0.2, 0.25) is 5.95 Å². The summed E-state index contributed by atoms with van der Waals surface area (Å²) in [7, 11) is -5.11. The molecule has 0 radical (unpaired) electrons. The number of aromatic amines is 1. The fourth-order valence-electron chi connectivity index (χ4n) is 3.67. The van der Waals surface area contributed by atoms with Crippen molar-refractivity contribution >= 4 is 32.5 Å². The molecule has 4 rings (SSSR count). The summed E-state index contributed by atoms with van der Waals surface area (Å²) in [5, 5.41) is 13.2. The van der Waals surface area contributed by atoms with Gasteiger partial charge in [-0.3, -0.25) is 28.0 Å². The molecule has 0 bridgehead atoms. The highest BCUT2D eigenvalue weighted by molar-refractivity contribution is 7.66. The van der Waals surface area contributed by atoms with E-state index in [1.54, 1.807) is 7.05 Å². The molecule has 3 N–H and O–H groups in total. The third kappa shape index (κ3) is 4.80. The first kappa shape index (κ1) is 24.5. The van der Waals surface area contributed by atoms with E-state index in [4.69, 9.17) is 22.6 Å². The first-order valence-electron chi connectivity index (χ1n) is 10.5. The number of rotatable bonds is 10. The maximum atomic E-state index is 12.9. The van der Waals surface area contributed by atoms with Crippen LogP contribution in [0.4, 0.5) is 5.95 Å². The van der Waals surface area contributed by atoms with Crippen molar-refractivity contribution in [3.63, 3.8) is 0 Å². The predicted octanol–water partition coefficient (Wildman–Crippen LogP) is 1.99. The Morgan fingerprint density at radius 1 is 1.48 bits per heavy atom. The first-order chi connectivity index (χ1) is 15.7. The number of H-pyrrole nitrogens is 1. The summed E-state index contributed by atoms with van der Waals surface area (Å²) in [6.07, 6.45) is 0.292. The van der Waals surface area contributed by atoms with Crippen LogP contribution in [0.25, 0.3) is 11.2 Å². The molecule has 2 aliphatic rings. The van der Waals surface area contributed by atoms with Crippen molar-refractivity contribution in [3.8, 4) is 0 Å².